The Kier molecular flexibility index (Phi) is 5.94. The lowest BCUT2D eigenvalue weighted by Gasteiger charge is -2.33. The van der Waals surface area contributed by atoms with E-state index in [0.29, 0.717) is 5.02 Å². The number of halogens is 2. The van der Waals surface area contributed by atoms with E-state index >= 15 is 0 Å². The molecule has 8 heteroatoms. The summed E-state index contributed by atoms with van der Waals surface area (Å²) in [6.07, 6.45) is 3.08. The van der Waals surface area contributed by atoms with Gasteiger partial charge in [-0.3, -0.25) is 4.79 Å². The Bertz CT molecular complexity index is 953. The third kappa shape index (κ3) is 4.55. The smallest absolute Gasteiger partial charge is 0.246 e. The normalized spacial score (nSPS) is 16.0. The average molecular weight is 409 g/mol. The van der Waals surface area contributed by atoms with Gasteiger partial charge in [0.15, 0.2) is 0 Å². The van der Waals surface area contributed by atoms with Crippen LogP contribution in [-0.2, 0) is 14.8 Å². The van der Waals surface area contributed by atoms with Crippen LogP contribution in [0.15, 0.2) is 59.5 Å². The zero-order valence-corrected chi connectivity index (χ0v) is 16.0. The summed E-state index contributed by atoms with van der Waals surface area (Å²) in [4.78, 5) is 14.0. The maximum Gasteiger partial charge on any atom is 0.246 e. The van der Waals surface area contributed by atoms with Gasteiger partial charge in [-0.1, -0.05) is 29.8 Å². The molecule has 3 rings (SSSR count). The lowest BCUT2D eigenvalue weighted by atomic mass is 10.2. The number of rotatable bonds is 4. The van der Waals surface area contributed by atoms with Gasteiger partial charge in [0, 0.05) is 37.3 Å². The summed E-state index contributed by atoms with van der Waals surface area (Å²) in [7, 11) is -3.70. The summed E-state index contributed by atoms with van der Waals surface area (Å²) in [6, 6.07) is 11.9. The highest BCUT2D eigenvalue weighted by Crippen LogP contribution is 2.19. The molecule has 1 saturated heterocycles. The Balaban J connectivity index is 1.62. The molecule has 1 heterocycles. The quantitative estimate of drug-likeness (QED) is 0.731. The third-order valence-corrected chi connectivity index (χ3v) is 6.57. The maximum atomic E-state index is 13.0. The minimum atomic E-state index is -3.70. The van der Waals surface area contributed by atoms with Crippen LogP contribution < -0.4 is 0 Å². The third-order valence-electron chi connectivity index (χ3n) is 4.31. The van der Waals surface area contributed by atoms with Gasteiger partial charge in [-0.05, 0) is 42.0 Å². The van der Waals surface area contributed by atoms with Crippen LogP contribution in [-0.4, -0.2) is 49.7 Å². The van der Waals surface area contributed by atoms with Crippen molar-refractivity contribution in [2.24, 2.45) is 0 Å². The molecule has 1 fully saturated rings. The van der Waals surface area contributed by atoms with E-state index < -0.39 is 15.8 Å². The van der Waals surface area contributed by atoms with Gasteiger partial charge in [0.25, 0.3) is 0 Å². The first kappa shape index (κ1) is 19.5. The van der Waals surface area contributed by atoms with Crippen LogP contribution in [0.1, 0.15) is 5.56 Å². The van der Waals surface area contributed by atoms with Crippen molar-refractivity contribution in [3.05, 3.63) is 71.0 Å². The van der Waals surface area contributed by atoms with Crippen molar-refractivity contribution >= 4 is 33.6 Å². The predicted molar refractivity (Wildman–Crippen MR) is 102 cm³/mol. The maximum absolute atomic E-state index is 13.0. The van der Waals surface area contributed by atoms with Crippen molar-refractivity contribution in [1.82, 2.24) is 9.21 Å². The number of nitrogens with zero attached hydrogens (tertiary/aromatic N) is 2. The largest absolute Gasteiger partial charge is 0.337 e. The minimum Gasteiger partial charge on any atom is -0.337 e. The second kappa shape index (κ2) is 8.21. The molecule has 142 valence electrons. The van der Waals surface area contributed by atoms with Crippen LogP contribution in [0.2, 0.25) is 5.02 Å². The molecule has 1 aliphatic rings. The van der Waals surface area contributed by atoms with Crippen LogP contribution in [0.5, 0.6) is 0 Å². The number of amides is 1. The number of carbonyl (C=O) groups excluding carboxylic acids is 1. The molecular weight excluding hydrogens is 391 g/mol. The summed E-state index contributed by atoms with van der Waals surface area (Å²) < 4.78 is 39.5. The Morgan fingerprint density at radius 2 is 1.63 bits per heavy atom. The van der Waals surface area contributed by atoms with Gasteiger partial charge >= 0.3 is 0 Å². The first-order chi connectivity index (χ1) is 12.9. The summed E-state index contributed by atoms with van der Waals surface area (Å²) in [5.74, 6) is -0.691. The van der Waals surface area contributed by atoms with Gasteiger partial charge in [-0.25, -0.2) is 12.8 Å². The van der Waals surface area contributed by atoms with E-state index in [1.54, 1.807) is 23.1 Å². The molecule has 0 aromatic heterocycles. The Hall–Kier alpha value is -2.22. The Morgan fingerprint density at radius 1 is 1.00 bits per heavy atom. The number of carbonyl (C=O) groups is 1. The minimum absolute atomic E-state index is 0.0438. The molecule has 1 amide bonds. The van der Waals surface area contributed by atoms with Crippen LogP contribution in [0.3, 0.4) is 0 Å². The van der Waals surface area contributed by atoms with Crippen molar-refractivity contribution in [2.45, 2.75) is 4.90 Å². The summed E-state index contributed by atoms with van der Waals surface area (Å²) in [5, 5.41) is 0.553. The first-order valence-electron chi connectivity index (χ1n) is 8.35. The van der Waals surface area contributed by atoms with Crippen LogP contribution in [0.25, 0.3) is 6.08 Å². The number of hydrogen-bond donors (Lipinski definition) is 0. The molecule has 0 unspecified atom stereocenters. The van der Waals surface area contributed by atoms with E-state index in [0.717, 1.165) is 17.7 Å². The number of sulfonamides is 1. The molecule has 0 atom stereocenters. The summed E-state index contributed by atoms with van der Waals surface area (Å²) in [6.45, 7) is 0.939. The van der Waals surface area contributed by atoms with Gasteiger partial charge < -0.3 is 4.90 Å². The monoisotopic (exact) mass is 408 g/mol. The highest BCUT2D eigenvalue weighted by Gasteiger charge is 2.29. The van der Waals surface area contributed by atoms with Crippen molar-refractivity contribution in [2.75, 3.05) is 26.2 Å². The molecule has 27 heavy (non-hydrogen) atoms. The van der Waals surface area contributed by atoms with E-state index in [9.17, 15) is 17.6 Å². The number of hydrogen-bond acceptors (Lipinski definition) is 3. The standard InChI is InChI=1S/C19H18ClFN2O3S/c20-18-4-2-1-3-15(18)5-10-19(24)22-11-13-23(14-12-22)27(25,26)17-8-6-16(21)7-9-17/h1-10H,11-14H2/b10-5+. The second-order valence-electron chi connectivity index (χ2n) is 6.04. The van der Waals surface area contributed by atoms with Gasteiger partial charge in [0.2, 0.25) is 15.9 Å². The van der Waals surface area contributed by atoms with Crippen LogP contribution >= 0.6 is 11.6 Å². The molecule has 2 aromatic carbocycles. The van der Waals surface area contributed by atoms with Crippen LogP contribution in [0.4, 0.5) is 4.39 Å². The van der Waals surface area contributed by atoms with E-state index in [-0.39, 0.29) is 37.0 Å². The molecule has 0 spiro atoms. The van der Waals surface area contributed by atoms with Gasteiger partial charge in [-0.15, -0.1) is 0 Å². The second-order valence-corrected chi connectivity index (χ2v) is 8.38. The Morgan fingerprint density at radius 3 is 2.26 bits per heavy atom. The topological polar surface area (TPSA) is 57.7 Å². The molecule has 1 aliphatic heterocycles. The molecule has 0 bridgehead atoms. The van der Waals surface area contributed by atoms with Crippen molar-refractivity contribution < 1.29 is 17.6 Å². The van der Waals surface area contributed by atoms with Gasteiger partial charge in [-0.2, -0.15) is 4.31 Å². The number of benzene rings is 2. The molecule has 5 nitrogen and oxygen atoms in total. The first-order valence-corrected chi connectivity index (χ1v) is 10.2. The fourth-order valence-corrected chi connectivity index (χ4v) is 4.40. The highest BCUT2D eigenvalue weighted by atomic mass is 35.5. The van der Waals surface area contributed by atoms with Crippen molar-refractivity contribution in [3.63, 3.8) is 0 Å². The van der Waals surface area contributed by atoms with E-state index in [2.05, 4.69) is 0 Å². The lowest BCUT2D eigenvalue weighted by Crippen LogP contribution is -2.50. The molecule has 0 N–H and O–H groups in total. The molecule has 0 saturated carbocycles. The highest BCUT2D eigenvalue weighted by molar-refractivity contribution is 7.89. The molecule has 2 aromatic rings. The average Bonchev–Trinajstić information content (AvgIpc) is 2.67. The fraction of sp³-hybridized carbons (Fsp3) is 0.211. The van der Waals surface area contributed by atoms with E-state index in [1.807, 2.05) is 12.1 Å². The van der Waals surface area contributed by atoms with Crippen molar-refractivity contribution in [3.8, 4) is 0 Å². The van der Waals surface area contributed by atoms with E-state index in [4.69, 9.17) is 11.6 Å². The zero-order valence-electron chi connectivity index (χ0n) is 14.4. The van der Waals surface area contributed by atoms with E-state index in [1.165, 1.54) is 22.5 Å². The molecule has 0 radical (unpaired) electrons. The molecule has 0 aliphatic carbocycles. The lowest BCUT2D eigenvalue weighted by molar-refractivity contribution is -0.127. The fourth-order valence-electron chi connectivity index (χ4n) is 2.78. The predicted octanol–water partition coefficient (Wildman–Crippen LogP) is 3.03. The molecular formula is C19H18ClFN2O3S. The van der Waals surface area contributed by atoms with Gasteiger partial charge in [0.1, 0.15) is 5.82 Å². The summed E-state index contributed by atoms with van der Waals surface area (Å²) in [5.41, 5.74) is 0.741. The van der Waals surface area contributed by atoms with Crippen molar-refractivity contribution in [1.29, 1.82) is 0 Å². The number of piperazine rings is 1. The van der Waals surface area contributed by atoms with Crippen LogP contribution in [0, 0.1) is 5.82 Å². The SMILES string of the molecule is O=C(/C=C/c1ccccc1Cl)N1CCN(S(=O)(=O)c2ccc(F)cc2)CC1. The Labute approximate surface area is 162 Å². The summed E-state index contributed by atoms with van der Waals surface area (Å²) >= 11 is 6.06. The van der Waals surface area contributed by atoms with Gasteiger partial charge in [0.05, 0.1) is 4.90 Å². The zero-order chi connectivity index (χ0) is 19.4.